The van der Waals surface area contributed by atoms with Crippen molar-refractivity contribution in [1.82, 2.24) is 0 Å². The zero-order valence-corrected chi connectivity index (χ0v) is 11.9. The molecular formula is C13H16O2S2. The highest BCUT2D eigenvalue weighted by molar-refractivity contribution is 7.99. The van der Waals surface area contributed by atoms with Crippen LogP contribution in [0.25, 0.3) is 0 Å². The Morgan fingerprint density at radius 2 is 1.94 bits per heavy atom. The first-order valence-corrected chi connectivity index (χ1v) is 7.49. The number of Topliss-reactive ketones (excluding diaryl/α,β-unsaturated/α-hetero) is 1. The zero-order valence-electron chi connectivity index (χ0n) is 10.2. The predicted octanol–water partition coefficient (Wildman–Crippen LogP) is 4.19. The molecule has 0 atom stereocenters. The second-order valence-electron chi connectivity index (χ2n) is 3.49. The normalized spacial score (nSPS) is 9.59. The lowest BCUT2D eigenvalue weighted by molar-refractivity contribution is 0.102. The van der Waals surface area contributed by atoms with E-state index < -0.39 is 0 Å². The van der Waals surface area contributed by atoms with Crippen LogP contribution in [-0.4, -0.2) is 17.8 Å². The maximum Gasteiger partial charge on any atom is 0.182 e. The third-order valence-corrected chi connectivity index (χ3v) is 3.41. The molecule has 0 aromatic carbocycles. The van der Waals surface area contributed by atoms with Crippen molar-refractivity contribution < 1.29 is 9.21 Å². The van der Waals surface area contributed by atoms with Crippen molar-refractivity contribution in [3.63, 3.8) is 0 Å². The van der Waals surface area contributed by atoms with Crippen molar-refractivity contribution in [3.8, 4) is 0 Å². The SMILES string of the molecule is CSCC(=O)c1cccs1.Cc1ccc(C)o1. The Bertz CT molecular complexity index is 427. The van der Waals surface area contributed by atoms with Crippen LogP contribution in [0.1, 0.15) is 21.2 Å². The second-order valence-corrected chi connectivity index (χ2v) is 5.30. The van der Waals surface area contributed by atoms with Gasteiger partial charge in [0.05, 0.1) is 10.6 Å². The summed E-state index contributed by atoms with van der Waals surface area (Å²) in [5.74, 6) is 2.80. The van der Waals surface area contributed by atoms with Crippen molar-refractivity contribution in [1.29, 1.82) is 0 Å². The van der Waals surface area contributed by atoms with Crippen molar-refractivity contribution in [2.24, 2.45) is 0 Å². The molecule has 0 fully saturated rings. The number of thioether (sulfide) groups is 1. The molecule has 2 aromatic heterocycles. The maximum absolute atomic E-state index is 11.1. The number of hydrogen-bond donors (Lipinski definition) is 0. The summed E-state index contributed by atoms with van der Waals surface area (Å²) in [6.07, 6.45) is 1.94. The number of thiophene rings is 1. The minimum absolute atomic E-state index is 0.238. The third kappa shape index (κ3) is 5.24. The molecule has 0 radical (unpaired) electrons. The molecule has 2 aromatic rings. The average molecular weight is 268 g/mol. The van der Waals surface area contributed by atoms with Gasteiger partial charge in [-0.1, -0.05) is 6.07 Å². The Balaban J connectivity index is 0.000000181. The zero-order chi connectivity index (χ0) is 12.7. The summed E-state index contributed by atoms with van der Waals surface area (Å²) in [4.78, 5) is 12.0. The molecule has 17 heavy (non-hydrogen) atoms. The molecule has 0 amide bonds. The molecule has 0 bridgehead atoms. The van der Waals surface area contributed by atoms with E-state index >= 15 is 0 Å². The second kappa shape index (κ2) is 7.35. The standard InChI is InChI=1S/C7H8OS2.C6H8O/c1-9-5-6(8)7-3-2-4-10-7;1-5-3-4-6(2)7-5/h2-4H,5H2,1H3;3-4H,1-2H3. The molecule has 0 saturated carbocycles. The van der Waals surface area contributed by atoms with Gasteiger partial charge < -0.3 is 4.42 Å². The minimum atomic E-state index is 0.238. The smallest absolute Gasteiger partial charge is 0.182 e. The monoisotopic (exact) mass is 268 g/mol. The van der Waals surface area contributed by atoms with Crippen molar-refractivity contribution in [2.45, 2.75) is 13.8 Å². The quantitative estimate of drug-likeness (QED) is 0.782. The first-order chi connectivity index (χ1) is 8.13. The molecule has 0 spiro atoms. The van der Waals surface area contributed by atoms with E-state index in [1.165, 1.54) is 11.3 Å². The molecule has 0 aliphatic heterocycles. The highest BCUT2D eigenvalue weighted by Crippen LogP contribution is 2.11. The van der Waals surface area contributed by atoms with Crippen molar-refractivity contribution >= 4 is 28.9 Å². The summed E-state index contributed by atoms with van der Waals surface area (Å²) in [7, 11) is 0. The molecule has 0 unspecified atom stereocenters. The van der Waals surface area contributed by atoms with E-state index in [0.29, 0.717) is 5.75 Å². The van der Waals surface area contributed by atoms with Gasteiger partial charge in [0, 0.05) is 0 Å². The van der Waals surface area contributed by atoms with Crippen LogP contribution in [0.4, 0.5) is 0 Å². The summed E-state index contributed by atoms with van der Waals surface area (Å²) in [5.41, 5.74) is 0. The first kappa shape index (κ1) is 14.1. The van der Waals surface area contributed by atoms with Crippen LogP contribution in [0.2, 0.25) is 0 Å². The van der Waals surface area contributed by atoms with E-state index in [9.17, 15) is 4.79 Å². The van der Waals surface area contributed by atoms with Crippen molar-refractivity contribution in [2.75, 3.05) is 12.0 Å². The molecule has 0 aliphatic rings. The molecule has 4 heteroatoms. The molecule has 2 heterocycles. The summed E-state index contributed by atoms with van der Waals surface area (Å²) < 4.78 is 5.08. The van der Waals surface area contributed by atoms with E-state index in [4.69, 9.17) is 4.42 Å². The van der Waals surface area contributed by atoms with Gasteiger partial charge in [-0.3, -0.25) is 4.79 Å². The Morgan fingerprint density at radius 1 is 1.29 bits per heavy atom. The lowest BCUT2D eigenvalue weighted by Crippen LogP contribution is -1.97. The fourth-order valence-corrected chi connectivity index (χ4v) is 2.37. The highest BCUT2D eigenvalue weighted by atomic mass is 32.2. The molecule has 0 N–H and O–H groups in total. The van der Waals surface area contributed by atoms with Crippen LogP contribution in [-0.2, 0) is 0 Å². The van der Waals surface area contributed by atoms with E-state index in [1.807, 2.05) is 49.7 Å². The van der Waals surface area contributed by atoms with Crippen LogP contribution in [0.5, 0.6) is 0 Å². The summed E-state index contributed by atoms with van der Waals surface area (Å²) in [6, 6.07) is 7.67. The lowest BCUT2D eigenvalue weighted by Gasteiger charge is -1.90. The average Bonchev–Trinajstić information content (AvgIpc) is 2.91. The number of furan rings is 1. The van der Waals surface area contributed by atoms with Gasteiger partial charge in [-0.2, -0.15) is 11.8 Å². The fraction of sp³-hybridized carbons (Fsp3) is 0.308. The van der Waals surface area contributed by atoms with Gasteiger partial charge in [0.25, 0.3) is 0 Å². The number of ketones is 1. The molecule has 92 valence electrons. The highest BCUT2D eigenvalue weighted by Gasteiger charge is 2.03. The number of hydrogen-bond acceptors (Lipinski definition) is 4. The van der Waals surface area contributed by atoms with Gasteiger partial charge in [-0.15, -0.1) is 11.3 Å². The predicted molar refractivity (Wildman–Crippen MR) is 75.2 cm³/mol. The maximum atomic E-state index is 11.1. The van der Waals surface area contributed by atoms with Crippen LogP contribution in [0.15, 0.2) is 34.1 Å². The number of aryl methyl sites for hydroxylation is 2. The van der Waals surface area contributed by atoms with E-state index in [0.717, 1.165) is 16.4 Å². The summed E-state index contributed by atoms with van der Waals surface area (Å²) in [6.45, 7) is 3.88. The molecule has 0 aliphatic carbocycles. The van der Waals surface area contributed by atoms with Gasteiger partial charge in [-0.05, 0) is 43.7 Å². The van der Waals surface area contributed by atoms with Crippen LogP contribution >= 0.6 is 23.1 Å². The Kier molecular flexibility index (Phi) is 6.08. The van der Waals surface area contributed by atoms with Gasteiger partial charge >= 0.3 is 0 Å². The van der Waals surface area contributed by atoms with Crippen LogP contribution < -0.4 is 0 Å². The van der Waals surface area contributed by atoms with Gasteiger partial charge in [-0.25, -0.2) is 0 Å². The number of carbonyl (C=O) groups excluding carboxylic acids is 1. The summed E-state index contributed by atoms with van der Waals surface area (Å²) >= 11 is 3.07. The molecule has 0 saturated heterocycles. The Morgan fingerprint density at radius 3 is 2.29 bits per heavy atom. The first-order valence-electron chi connectivity index (χ1n) is 5.22. The molecular weight excluding hydrogens is 252 g/mol. The molecule has 2 nitrogen and oxygen atoms in total. The summed E-state index contributed by atoms with van der Waals surface area (Å²) in [5, 5.41) is 1.92. The third-order valence-electron chi connectivity index (χ3n) is 1.95. The molecule has 2 rings (SSSR count). The van der Waals surface area contributed by atoms with E-state index in [-0.39, 0.29) is 5.78 Å². The van der Waals surface area contributed by atoms with E-state index in [2.05, 4.69) is 0 Å². The van der Waals surface area contributed by atoms with Gasteiger partial charge in [0.15, 0.2) is 5.78 Å². The number of carbonyl (C=O) groups is 1. The number of rotatable bonds is 3. The minimum Gasteiger partial charge on any atom is -0.467 e. The van der Waals surface area contributed by atoms with E-state index in [1.54, 1.807) is 11.8 Å². The topological polar surface area (TPSA) is 30.2 Å². The lowest BCUT2D eigenvalue weighted by atomic mass is 10.4. The van der Waals surface area contributed by atoms with Gasteiger partial charge in [0.2, 0.25) is 0 Å². The van der Waals surface area contributed by atoms with Gasteiger partial charge in [0.1, 0.15) is 11.5 Å². The Hall–Kier alpha value is -1.00. The van der Waals surface area contributed by atoms with Crippen LogP contribution in [0, 0.1) is 13.8 Å². The van der Waals surface area contributed by atoms with Crippen LogP contribution in [0.3, 0.4) is 0 Å². The largest absolute Gasteiger partial charge is 0.467 e. The Labute approximate surface area is 110 Å². The fourth-order valence-electron chi connectivity index (χ4n) is 1.20. The van der Waals surface area contributed by atoms with Crippen molar-refractivity contribution in [3.05, 3.63) is 46.0 Å².